The summed E-state index contributed by atoms with van der Waals surface area (Å²) >= 11 is 6.26. The fourth-order valence-electron chi connectivity index (χ4n) is 2.14. The van der Waals surface area contributed by atoms with Gasteiger partial charge in [-0.2, -0.15) is 0 Å². The van der Waals surface area contributed by atoms with Gasteiger partial charge in [0.1, 0.15) is 0 Å². The smallest absolute Gasteiger partial charge is 0.0556 e. The van der Waals surface area contributed by atoms with Crippen molar-refractivity contribution < 1.29 is 5.11 Å². The predicted molar refractivity (Wildman–Crippen MR) is 86.7 cm³/mol. The number of aliphatic hydroxyl groups excluding tert-OH is 1. The summed E-state index contributed by atoms with van der Waals surface area (Å²) in [5, 5.41) is 13.1. The van der Waals surface area contributed by atoms with Crippen LogP contribution in [0.25, 0.3) is 0 Å². The van der Waals surface area contributed by atoms with Gasteiger partial charge in [0.15, 0.2) is 0 Å². The minimum atomic E-state index is 0. The molecule has 0 aromatic heterocycles. The van der Waals surface area contributed by atoms with Gasteiger partial charge in [-0.3, -0.25) is 0 Å². The van der Waals surface area contributed by atoms with Gasteiger partial charge < -0.3 is 10.4 Å². The lowest BCUT2D eigenvalue weighted by Gasteiger charge is -2.20. The van der Waals surface area contributed by atoms with Crippen LogP contribution in [0.15, 0.2) is 54.6 Å². The first-order valence-electron chi connectivity index (χ1n) is 6.44. The molecule has 0 saturated heterocycles. The lowest BCUT2D eigenvalue weighted by molar-refractivity contribution is 0.284. The highest BCUT2D eigenvalue weighted by atomic mass is 35.5. The van der Waals surface area contributed by atoms with Crippen LogP contribution in [0.4, 0.5) is 0 Å². The molecular formula is C16H19Cl2NO. The van der Waals surface area contributed by atoms with Crippen LogP contribution < -0.4 is 5.32 Å². The lowest BCUT2D eigenvalue weighted by atomic mass is 9.99. The molecule has 0 heterocycles. The minimum absolute atomic E-state index is 0. The van der Waals surface area contributed by atoms with E-state index in [4.69, 9.17) is 16.7 Å². The van der Waals surface area contributed by atoms with Crippen LogP contribution >= 0.6 is 24.0 Å². The summed E-state index contributed by atoms with van der Waals surface area (Å²) < 4.78 is 0. The molecule has 0 spiro atoms. The van der Waals surface area contributed by atoms with Gasteiger partial charge >= 0.3 is 0 Å². The van der Waals surface area contributed by atoms with E-state index in [0.29, 0.717) is 6.54 Å². The van der Waals surface area contributed by atoms with Crippen LogP contribution in [-0.4, -0.2) is 18.3 Å². The number of nitrogens with one attached hydrogen (secondary N) is 1. The second-order valence-corrected chi connectivity index (χ2v) is 4.85. The summed E-state index contributed by atoms with van der Waals surface area (Å²) in [5.41, 5.74) is 2.32. The van der Waals surface area contributed by atoms with Crippen LogP contribution in [0.3, 0.4) is 0 Å². The molecule has 0 aliphatic carbocycles. The number of benzene rings is 2. The van der Waals surface area contributed by atoms with Gasteiger partial charge in [0.25, 0.3) is 0 Å². The molecule has 2 nitrogen and oxygen atoms in total. The van der Waals surface area contributed by atoms with Crippen molar-refractivity contribution in [2.75, 3.05) is 13.2 Å². The fourth-order valence-corrected chi connectivity index (χ4v) is 2.41. The third kappa shape index (κ3) is 4.80. The van der Waals surface area contributed by atoms with E-state index in [0.717, 1.165) is 17.0 Å². The maximum absolute atomic E-state index is 9.00. The number of hydrogen-bond donors (Lipinski definition) is 2. The Balaban J connectivity index is 0.00000200. The van der Waals surface area contributed by atoms with Crippen molar-refractivity contribution in [1.82, 2.24) is 5.32 Å². The topological polar surface area (TPSA) is 32.3 Å². The zero-order valence-electron chi connectivity index (χ0n) is 11.1. The Bertz CT molecular complexity index is 505. The molecule has 2 N–H and O–H groups in total. The molecule has 20 heavy (non-hydrogen) atoms. The van der Waals surface area contributed by atoms with Crippen molar-refractivity contribution in [2.24, 2.45) is 0 Å². The second kappa shape index (κ2) is 8.98. The molecule has 2 aromatic carbocycles. The van der Waals surface area contributed by atoms with Crippen molar-refractivity contribution in [3.05, 3.63) is 70.7 Å². The maximum atomic E-state index is 9.00. The zero-order valence-corrected chi connectivity index (χ0v) is 12.7. The Morgan fingerprint density at radius 3 is 2.30 bits per heavy atom. The molecule has 0 amide bonds. The van der Waals surface area contributed by atoms with Crippen molar-refractivity contribution in [2.45, 2.75) is 12.5 Å². The van der Waals surface area contributed by atoms with Crippen LogP contribution in [-0.2, 0) is 6.42 Å². The normalized spacial score (nSPS) is 11.7. The Morgan fingerprint density at radius 2 is 1.65 bits per heavy atom. The van der Waals surface area contributed by atoms with E-state index in [1.807, 2.05) is 42.5 Å². The molecule has 0 radical (unpaired) electrons. The highest BCUT2D eigenvalue weighted by Crippen LogP contribution is 2.25. The van der Waals surface area contributed by atoms with Crippen LogP contribution in [0.1, 0.15) is 17.2 Å². The third-order valence-electron chi connectivity index (χ3n) is 3.07. The number of aliphatic hydroxyl groups is 1. The molecule has 2 aromatic rings. The van der Waals surface area contributed by atoms with Crippen LogP contribution in [0, 0.1) is 0 Å². The average molecular weight is 312 g/mol. The molecule has 1 unspecified atom stereocenters. The van der Waals surface area contributed by atoms with E-state index in [9.17, 15) is 0 Å². The molecule has 0 saturated carbocycles. The zero-order chi connectivity index (χ0) is 13.5. The molecule has 108 valence electrons. The monoisotopic (exact) mass is 311 g/mol. The quantitative estimate of drug-likeness (QED) is 0.854. The molecule has 2 rings (SSSR count). The van der Waals surface area contributed by atoms with Gasteiger partial charge in [0.2, 0.25) is 0 Å². The Labute approximate surface area is 131 Å². The molecular weight excluding hydrogens is 293 g/mol. The van der Waals surface area contributed by atoms with Crippen molar-refractivity contribution in [1.29, 1.82) is 0 Å². The van der Waals surface area contributed by atoms with Crippen LogP contribution in [0.2, 0.25) is 5.02 Å². The van der Waals surface area contributed by atoms with Gasteiger partial charge in [0, 0.05) is 17.6 Å². The van der Waals surface area contributed by atoms with Crippen molar-refractivity contribution in [3.63, 3.8) is 0 Å². The molecule has 1 atom stereocenters. The number of rotatable bonds is 6. The van der Waals surface area contributed by atoms with Gasteiger partial charge in [-0.1, -0.05) is 60.1 Å². The molecule has 0 bridgehead atoms. The van der Waals surface area contributed by atoms with E-state index in [-0.39, 0.29) is 25.1 Å². The first-order chi connectivity index (χ1) is 9.31. The summed E-state index contributed by atoms with van der Waals surface area (Å²) in [6.45, 7) is 0.679. The maximum Gasteiger partial charge on any atom is 0.0556 e. The predicted octanol–water partition coefficient (Wildman–Crippen LogP) is 3.63. The van der Waals surface area contributed by atoms with E-state index < -0.39 is 0 Å². The summed E-state index contributed by atoms with van der Waals surface area (Å²) in [5.74, 6) is 0. The highest BCUT2D eigenvalue weighted by molar-refractivity contribution is 6.31. The fraction of sp³-hybridized carbons (Fsp3) is 0.250. The average Bonchev–Trinajstić information content (AvgIpc) is 2.45. The lowest BCUT2D eigenvalue weighted by Crippen LogP contribution is -2.26. The third-order valence-corrected chi connectivity index (χ3v) is 3.41. The summed E-state index contributed by atoms with van der Waals surface area (Å²) in [6, 6.07) is 18.2. The number of hydrogen-bond acceptors (Lipinski definition) is 2. The molecule has 0 aliphatic rings. The molecule has 0 aliphatic heterocycles. The summed E-state index contributed by atoms with van der Waals surface area (Å²) in [7, 11) is 0. The number of halogens is 2. The Hall–Kier alpha value is -1.06. The van der Waals surface area contributed by atoms with Crippen molar-refractivity contribution >= 4 is 24.0 Å². The minimum Gasteiger partial charge on any atom is -0.395 e. The van der Waals surface area contributed by atoms with Gasteiger partial charge in [-0.05, 0) is 23.6 Å². The first-order valence-corrected chi connectivity index (χ1v) is 6.81. The summed E-state index contributed by atoms with van der Waals surface area (Å²) in [6.07, 6.45) is 0.852. The standard InChI is InChI=1S/C16H18ClNO.ClH/c17-15-9-5-4-8-14(15)16(18-10-11-19)12-13-6-2-1-3-7-13;/h1-9,16,18-19H,10-12H2;1H. The van der Waals surface area contributed by atoms with Crippen LogP contribution in [0.5, 0.6) is 0 Å². The van der Waals surface area contributed by atoms with E-state index in [1.165, 1.54) is 5.56 Å². The van der Waals surface area contributed by atoms with Gasteiger partial charge in [-0.15, -0.1) is 12.4 Å². The van der Waals surface area contributed by atoms with E-state index in [2.05, 4.69) is 17.4 Å². The second-order valence-electron chi connectivity index (χ2n) is 4.44. The van der Waals surface area contributed by atoms with Gasteiger partial charge in [-0.25, -0.2) is 0 Å². The van der Waals surface area contributed by atoms with E-state index >= 15 is 0 Å². The Morgan fingerprint density at radius 1 is 1.00 bits per heavy atom. The van der Waals surface area contributed by atoms with E-state index in [1.54, 1.807) is 0 Å². The van der Waals surface area contributed by atoms with Gasteiger partial charge in [0.05, 0.1) is 6.61 Å². The largest absolute Gasteiger partial charge is 0.395 e. The SMILES string of the molecule is Cl.OCCNC(Cc1ccccc1)c1ccccc1Cl. The Kier molecular flexibility index (Phi) is 7.63. The molecule has 4 heteroatoms. The molecule has 0 fully saturated rings. The van der Waals surface area contributed by atoms with Crippen molar-refractivity contribution in [3.8, 4) is 0 Å². The summed E-state index contributed by atoms with van der Waals surface area (Å²) in [4.78, 5) is 0. The first kappa shape index (κ1) is 17.0. The highest BCUT2D eigenvalue weighted by Gasteiger charge is 2.14.